The van der Waals surface area contributed by atoms with Crippen molar-refractivity contribution < 1.29 is 4.74 Å². The van der Waals surface area contributed by atoms with Crippen molar-refractivity contribution in [1.29, 1.82) is 0 Å². The first-order chi connectivity index (χ1) is 7.34. The van der Waals surface area contributed by atoms with Gasteiger partial charge in [-0.1, -0.05) is 12.1 Å². The first kappa shape index (κ1) is 11.4. The van der Waals surface area contributed by atoms with Gasteiger partial charge in [-0.05, 0) is 59.2 Å². The van der Waals surface area contributed by atoms with Gasteiger partial charge in [-0.3, -0.25) is 0 Å². The normalized spacial score (nSPS) is 20.7. The predicted molar refractivity (Wildman–Crippen MR) is 69.8 cm³/mol. The summed E-state index contributed by atoms with van der Waals surface area (Å²) in [4.78, 5) is 0. The van der Waals surface area contributed by atoms with Gasteiger partial charge in [0, 0.05) is 10.1 Å². The molecule has 0 saturated carbocycles. The smallest absolute Gasteiger partial charge is 0.0717 e. The Labute approximate surface area is 105 Å². The SMILES string of the molecule is Ic1ccc(COC[C@H]2CCNC2)cc1. The second-order valence-corrected chi connectivity index (χ2v) is 5.25. The van der Waals surface area contributed by atoms with Crippen LogP contribution in [0, 0.1) is 9.49 Å². The summed E-state index contributed by atoms with van der Waals surface area (Å²) >= 11 is 2.32. The highest BCUT2D eigenvalue weighted by atomic mass is 127. The number of ether oxygens (including phenoxy) is 1. The molecule has 1 saturated heterocycles. The third kappa shape index (κ3) is 3.74. The number of nitrogens with one attached hydrogen (secondary N) is 1. The van der Waals surface area contributed by atoms with Crippen LogP contribution in [-0.4, -0.2) is 19.7 Å². The molecule has 3 heteroatoms. The average molecular weight is 317 g/mol. The molecule has 0 unspecified atom stereocenters. The fourth-order valence-electron chi connectivity index (χ4n) is 1.78. The molecule has 1 N–H and O–H groups in total. The maximum absolute atomic E-state index is 5.70. The fraction of sp³-hybridized carbons (Fsp3) is 0.500. The van der Waals surface area contributed by atoms with Crippen molar-refractivity contribution in [2.45, 2.75) is 13.0 Å². The van der Waals surface area contributed by atoms with Gasteiger partial charge in [-0.2, -0.15) is 0 Å². The van der Waals surface area contributed by atoms with E-state index < -0.39 is 0 Å². The number of hydrogen-bond donors (Lipinski definition) is 1. The van der Waals surface area contributed by atoms with Gasteiger partial charge in [-0.25, -0.2) is 0 Å². The number of benzene rings is 1. The van der Waals surface area contributed by atoms with E-state index in [0.29, 0.717) is 5.92 Å². The third-order valence-electron chi connectivity index (χ3n) is 2.70. The molecule has 1 aliphatic heterocycles. The van der Waals surface area contributed by atoms with E-state index in [9.17, 15) is 0 Å². The molecule has 82 valence electrons. The van der Waals surface area contributed by atoms with Crippen LogP contribution in [0.1, 0.15) is 12.0 Å². The second kappa shape index (κ2) is 5.82. The summed E-state index contributed by atoms with van der Waals surface area (Å²) in [6.45, 7) is 3.90. The molecule has 1 atom stereocenters. The van der Waals surface area contributed by atoms with Crippen molar-refractivity contribution in [2.24, 2.45) is 5.92 Å². The predicted octanol–water partition coefficient (Wildman–Crippen LogP) is 2.42. The Bertz CT molecular complexity index is 293. The highest BCUT2D eigenvalue weighted by molar-refractivity contribution is 14.1. The Morgan fingerprint density at radius 1 is 1.33 bits per heavy atom. The number of rotatable bonds is 4. The van der Waals surface area contributed by atoms with Gasteiger partial charge in [-0.15, -0.1) is 0 Å². The van der Waals surface area contributed by atoms with Crippen molar-refractivity contribution in [3.63, 3.8) is 0 Å². The van der Waals surface area contributed by atoms with Crippen LogP contribution in [0.2, 0.25) is 0 Å². The van der Waals surface area contributed by atoms with Crippen LogP contribution >= 0.6 is 22.6 Å². The molecular weight excluding hydrogens is 301 g/mol. The highest BCUT2D eigenvalue weighted by Gasteiger charge is 2.13. The fourth-order valence-corrected chi connectivity index (χ4v) is 2.14. The van der Waals surface area contributed by atoms with Crippen LogP contribution in [-0.2, 0) is 11.3 Å². The van der Waals surface area contributed by atoms with Gasteiger partial charge >= 0.3 is 0 Å². The van der Waals surface area contributed by atoms with E-state index in [0.717, 1.165) is 26.3 Å². The third-order valence-corrected chi connectivity index (χ3v) is 3.42. The lowest BCUT2D eigenvalue weighted by Gasteiger charge is -2.09. The molecule has 0 radical (unpaired) electrons. The molecule has 1 aromatic carbocycles. The standard InChI is InChI=1S/C12H16INO/c13-12-3-1-10(2-4-12)8-15-9-11-5-6-14-7-11/h1-4,11,14H,5-9H2/t11-/m0/s1. The van der Waals surface area contributed by atoms with E-state index >= 15 is 0 Å². The van der Waals surface area contributed by atoms with Crippen molar-refractivity contribution in [3.8, 4) is 0 Å². The van der Waals surface area contributed by atoms with E-state index in [4.69, 9.17) is 4.74 Å². The maximum Gasteiger partial charge on any atom is 0.0717 e. The summed E-state index contributed by atoms with van der Waals surface area (Å²) in [5, 5.41) is 3.35. The molecule has 2 rings (SSSR count). The van der Waals surface area contributed by atoms with E-state index in [-0.39, 0.29) is 0 Å². The van der Waals surface area contributed by atoms with Gasteiger partial charge in [0.25, 0.3) is 0 Å². The summed E-state index contributed by atoms with van der Waals surface area (Å²) in [7, 11) is 0. The highest BCUT2D eigenvalue weighted by Crippen LogP contribution is 2.11. The van der Waals surface area contributed by atoms with E-state index in [1.54, 1.807) is 0 Å². The van der Waals surface area contributed by atoms with Crippen LogP contribution in [0.15, 0.2) is 24.3 Å². The summed E-state index contributed by atoms with van der Waals surface area (Å²) in [6.07, 6.45) is 1.26. The lowest BCUT2D eigenvalue weighted by molar-refractivity contribution is 0.0925. The molecule has 1 aromatic rings. The molecule has 1 heterocycles. The lowest BCUT2D eigenvalue weighted by atomic mass is 10.1. The molecule has 15 heavy (non-hydrogen) atoms. The minimum Gasteiger partial charge on any atom is -0.376 e. The minimum atomic E-state index is 0.717. The molecule has 0 aromatic heterocycles. The van der Waals surface area contributed by atoms with Crippen molar-refractivity contribution in [3.05, 3.63) is 33.4 Å². The van der Waals surface area contributed by atoms with Crippen LogP contribution in [0.25, 0.3) is 0 Å². The molecule has 1 aliphatic rings. The zero-order valence-electron chi connectivity index (χ0n) is 8.71. The second-order valence-electron chi connectivity index (χ2n) is 4.00. The molecule has 0 spiro atoms. The van der Waals surface area contributed by atoms with Crippen molar-refractivity contribution >= 4 is 22.6 Å². The Balaban J connectivity index is 1.71. The zero-order chi connectivity index (χ0) is 10.5. The average Bonchev–Trinajstić information content (AvgIpc) is 2.74. The largest absolute Gasteiger partial charge is 0.376 e. The van der Waals surface area contributed by atoms with Crippen LogP contribution < -0.4 is 5.32 Å². The Hall–Kier alpha value is -0.130. The quantitative estimate of drug-likeness (QED) is 0.861. The van der Waals surface area contributed by atoms with Crippen molar-refractivity contribution in [1.82, 2.24) is 5.32 Å². The summed E-state index contributed by atoms with van der Waals surface area (Å²) in [6, 6.07) is 8.51. The topological polar surface area (TPSA) is 21.3 Å². The van der Waals surface area contributed by atoms with Gasteiger partial charge in [0.2, 0.25) is 0 Å². The number of halogens is 1. The van der Waals surface area contributed by atoms with Crippen molar-refractivity contribution in [2.75, 3.05) is 19.7 Å². The number of hydrogen-bond acceptors (Lipinski definition) is 2. The lowest BCUT2D eigenvalue weighted by Crippen LogP contribution is -2.13. The molecule has 0 amide bonds. The van der Waals surface area contributed by atoms with Crippen LogP contribution in [0.4, 0.5) is 0 Å². The van der Waals surface area contributed by atoms with E-state index in [2.05, 4.69) is 52.2 Å². The summed E-state index contributed by atoms with van der Waals surface area (Å²) < 4.78 is 6.98. The van der Waals surface area contributed by atoms with Gasteiger partial charge in [0.15, 0.2) is 0 Å². The van der Waals surface area contributed by atoms with Gasteiger partial charge < -0.3 is 10.1 Å². The van der Waals surface area contributed by atoms with Gasteiger partial charge in [0.05, 0.1) is 13.2 Å². The minimum absolute atomic E-state index is 0.717. The molecule has 0 bridgehead atoms. The Kier molecular flexibility index (Phi) is 4.41. The molecular formula is C12H16INO. The van der Waals surface area contributed by atoms with Gasteiger partial charge in [0.1, 0.15) is 0 Å². The first-order valence-corrected chi connectivity index (χ1v) is 6.45. The Morgan fingerprint density at radius 2 is 2.13 bits per heavy atom. The molecule has 2 nitrogen and oxygen atoms in total. The molecule has 0 aliphatic carbocycles. The monoisotopic (exact) mass is 317 g/mol. The maximum atomic E-state index is 5.70. The first-order valence-electron chi connectivity index (χ1n) is 5.37. The summed E-state index contributed by atoms with van der Waals surface area (Å²) in [5.74, 6) is 0.717. The molecule has 1 fully saturated rings. The van der Waals surface area contributed by atoms with E-state index in [1.165, 1.54) is 15.6 Å². The van der Waals surface area contributed by atoms with E-state index in [1.807, 2.05) is 0 Å². The Morgan fingerprint density at radius 3 is 2.80 bits per heavy atom. The summed E-state index contributed by atoms with van der Waals surface area (Å²) in [5.41, 5.74) is 1.27. The van der Waals surface area contributed by atoms with Crippen LogP contribution in [0.3, 0.4) is 0 Å². The van der Waals surface area contributed by atoms with Crippen LogP contribution in [0.5, 0.6) is 0 Å². The zero-order valence-corrected chi connectivity index (χ0v) is 10.9.